The van der Waals surface area contributed by atoms with E-state index < -0.39 is 5.97 Å². The van der Waals surface area contributed by atoms with Crippen molar-refractivity contribution in [3.63, 3.8) is 0 Å². The summed E-state index contributed by atoms with van der Waals surface area (Å²) in [7, 11) is 0. The van der Waals surface area contributed by atoms with Gasteiger partial charge < -0.3 is 15.0 Å². The number of likely N-dealkylation sites (tertiary alicyclic amines) is 1. The lowest BCUT2D eigenvalue weighted by molar-refractivity contribution is -0.132. The highest BCUT2D eigenvalue weighted by atomic mass is 19.1. The number of ether oxygens (including phenoxy) is 1. The lowest BCUT2D eigenvalue weighted by atomic mass is 9.96. The molecule has 0 spiro atoms. The first-order valence-electron chi connectivity index (χ1n) is 9.99. The molecule has 7 heteroatoms. The smallest absolute Gasteiger partial charge is 0.308 e. The van der Waals surface area contributed by atoms with Crippen LogP contribution >= 0.6 is 0 Å². The van der Waals surface area contributed by atoms with Crippen molar-refractivity contribution in [1.82, 2.24) is 10.2 Å². The van der Waals surface area contributed by atoms with Crippen LogP contribution in [0.25, 0.3) is 0 Å². The van der Waals surface area contributed by atoms with Crippen molar-refractivity contribution in [3.8, 4) is 5.75 Å². The van der Waals surface area contributed by atoms with E-state index >= 15 is 0 Å². The van der Waals surface area contributed by atoms with E-state index in [1.165, 1.54) is 25.1 Å². The fraction of sp³-hybridized carbons (Fsp3) is 0.348. The molecule has 158 valence electrons. The molecule has 30 heavy (non-hydrogen) atoms. The molecule has 0 unspecified atom stereocenters. The van der Waals surface area contributed by atoms with Crippen LogP contribution in [0.3, 0.4) is 0 Å². The zero-order chi connectivity index (χ0) is 21.5. The first kappa shape index (κ1) is 21.5. The maximum Gasteiger partial charge on any atom is 0.308 e. The molecule has 2 aromatic rings. The van der Waals surface area contributed by atoms with E-state index in [2.05, 4.69) is 5.32 Å². The Hall–Kier alpha value is -3.22. The van der Waals surface area contributed by atoms with Gasteiger partial charge in [0.25, 0.3) is 5.91 Å². The number of carbonyl (C=O) groups is 3. The van der Waals surface area contributed by atoms with Crippen LogP contribution in [-0.2, 0) is 16.0 Å². The monoisotopic (exact) mass is 412 g/mol. The number of rotatable bonds is 6. The van der Waals surface area contributed by atoms with Gasteiger partial charge in [0.2, 0.25) is 5.91 Å². The van der Waals surface area contributed by atoms with Crippen LogP contribution in [0.4, 0.5) is 4.39 Å². The van der Waals surface area contributed by atoms with Gasteiger partial charge in [0.1, 0.15) is 11.6 Å². The van der Waals surface area contributed by atoms with Crippen LogP contribution in [0.5, 0.6) is 5.75 Å². The van der Waals surface area contributed by atoms with Crippen molar-refractivity contribution >= 4 is 17.8 Å². The Morgan fingerprint density at radius 3 is 2.47 bits per heavy atom. The minimum atomic E-state index is -0.437. The zero-order valence-electron chi connectivity index (χ0n) is 16.9. The molecule has 0 saturated carbocycles. The number of carbonyl (C=O) groups excluding carboxylic acids is 3. The van der Waals surface area contributed by atoms with E-state index in [9.17, 15) is 18.8 Å². The number of hydrogen-bond donors (Lipinski definition) is 1. The van der Waals surface area contributed by atoms with Crippen LogP contribution in [0, 0.1) is 11.7 Å². The quantitative estimate of drug-likeness (QED) is 0.585. The molecule has 1 N–H and O–H groups in total. The van der Waals surface area contributed by atoms with E-state index in [0.717, 1.165) is 18.4 Å². The highest BCUT2D eigenvalue weighted by Crippen LogP contribution is 2.18. The summed E-state index contributed by atoms with van der Waals surface area (Å²) in [5.41, 5.74) is 1.23. The van der Waals surface area contributed by atoms with Gasteiger partial charge in [-0.15, -0.1) is 0 Å². The second-order valence-corrected chi connectivity index (χ2v) is 7.46. The molecule has 2 amide bonds. The second kappa shape index (κ2) is 10.0. The molecule has 0 bridgehead atoms. The summed E-state index contributed by atoms with van der Waals surface area (Å²) in [5.74, 6) is -0.311. The largest absolute Gasteiger partial charge is 0.427 e. The lowest BCUT2D eigenvalue weighted by Crippen LogP contribution is -2.42. The molecule has 1 fully saturated rings. The third-order valence-corrected chi connectivity index (χ3v) is 5.14. The van der Waals surface area contributed by atoms with Crippen LogP contribution < -0.4 is 10.1 Å². The van der Waals surface area contributed by atoms with Gasteiger partial charge in [0, 0.05) is 32.1 Å². The summed E-state index contributed by atoms with van der Waals surface area (Å²) in [5, 5.41) is 2.92. The normalized spacial score (nSPS) is 14.3. The van der Waals surface area contributed by atoms with Crippen LogP contribution in [-0.4, -0.2) is 42.3 Å². The summed E-state index contributed by atoms with van der Waals surface area (Å²) < 4.78 is 18.0. The summed E-state index contributed by atoms with van der Waals surface area (Å²) in [6, 6.07) is 12.5. The van der Waals surface area contributed by atoms with Gasteiger partial charge in [0.05, 0.1) is 6.42 Å². The van der Waals surface area contributed by atoms with Crippen molar-refractivity contribution in [3.05, 3.63) is 65.5 Å². The molecule has 0 aliphatic carbocycles. The molecule has 1 saturated heterocycles. The van der Waals surface area contributed by atoms with Gasteiger partial charge >= 0.3 is 5.97 Å². The Kier molecular flexibility index (Phi) is 7.17. The Bertz CT molecular complexity index is 906. The minimum Gasteiger partial charge on any atom is -0.427 e. The third kappa shape index (κ3) is 6.14. The average molecular weight is 412 g/mol. The number of nitrogens with one attached hydrogen (secondary N) is 1. The predicted octanol–water partition coefficient (Wildman–Crippen LogP) is 2.96. The van der Waals surface area contributed by atoms with E-state index in [4.69, 9.17) is 4.74 Å². The number of hydrogen-bond acceptors (Lipinski definition) is 4. The maximum absolute atomic E-state index is 13.0. The standard InChI is InChI=1S/C23H25FN2O4/c1-16(27)30-21-4-2-3-19(14-21)23(29)25-15-18-9-11-26(12-10-18)22(28)13-17-5-7-20(24)8-6-17/h2-8,14,18H,9-13,15H2,1H3,(H,25,29). The number of amides is 2. The molecule has 3 rings (SSSR count). The molecule has 0 atom stereocenters. The molecule has 2 aromatic carbocycles. The summed E-state index contributed by atoms with van der Waals surface area (Å²) in [6.45, 7) is 3.12. The van der Waals surface area contributed by atoms with Crippen LogP contribution in [0.2, 0.25) is 0 Å². The fourth-order valence-corrected chi connectivity index (χ4v) is 3.48. The summed E-state index contributed by atoms with van der Waals surface area (Å²) >= 11 is 0. The van der Waals surface area contributed by atoms with E-state index in [1.54, 1.807) is 30.3 Å². The number of esters is 1. The first-order valence-corrected chi connectivity index (χ1v) is 9.99. The van der Waals surface area contributed by atoms with Crippen LogP contribution in [0.15, 0.2) is 48.5 Å². The van der Waals surface area contributed by atoms with E-state index in [0.29, 0.717) is 36.9 Å². The van der Waals surface area contributed by atoms with E-state index in [-0.39, 0.29) is 24.1 Å². The molecular formula is C23H25FN2O4. The van der Waals surface area contributed by atoms with Gasteiger partial charge in [-0.3, -0.25) is 14.4 Å². The number of benzene rings is 2. The van der Waals surface area contributed by atoms with Gasteiger partial charge in [-0.05, 0) is 54.7 Å². The minimum absolute atomic E-state index is 0.0337. The van der Waals surface area contributed by atoms with Crippen molar-refractivity contribution in [2.75, 3.05) is 19.6 Å². The average Bonchev–Trinajstić information content (AvgIpc) is 2.73. The van der Waals surface area contributed by atoms with Gasteiger partial charge in [-0.2, -0.15) is 0 Å². The Morgan fingerprint density at radius 1 is 1.10 bits per heavy atom. The Balaban J connectivity index is 1.43. The molecule has 6 nitrogen and oxygen atoms in total. The fourth-order valence-electron chi connectivity index (χ4n) is 3.48. The third-order valence-electron chi connectivity index (χ3n) is 5.14. The first-order chi connectivity index (χ1) is 14.4. The Labute approximate surface area is 175 Å². The SMILES string of the molecule is CC(=O)Oc1cccc(C(=O)NCC2CCN(C(=O)Cc3ccc(F)cc3)CC2)c1. The highest BCUT2D eigenvalue weighted by molar-refractivity contribution is 5.94. The molecule has 1 heterocycles. The molecule has 0 radical (unpaired) electrons. The van der Waals surface area contributed by atoms with Crippen molar-refractivity contribution in [2.45, 2.75) is 26.2 Å². The van der Waals surface area contributed by atoms with Crippen molar-refractivity contribution in [1.29, 1.82) is 0 Å². The molecule has 1 aliphatic heterocycles. The van der Waals surface area contributed by atoms with E-state index in [1.807, 2.05) is 4.90 Å². The number of piperidine rings is 1. The van der Waals surface area contributed by atoms with Crippen LogP contribution in [0.1, 0.15) is 35.7 Å². The van der Waals surface area contributed by atoms with Gasteiger partial charge in [-0.1, -0.05) is 18.2 Å². The zero-order valence-corrected chi connectivity index (χ0v) is 16.9. The lowest BCUT2D eigenvalue weighted by Gasteiger charge is -2.32. The molecule has 0 aromatic heterocycles. The summed E-state index contributed by atoms with van der Waals surface area (Å²) in [6.07, 6.45) is 1.88. The summed E-state index contributed by atoms with van der Waals surface area (Å²) in [4.78, 5) is 37.7. The van der Waals surface area contributed by atoms with Gasteiger partial charge in [0.15, 0.2) is 0 Å². The maximum atomic E-state index is 13.0. The highest BCUT2D eigenvalue weighted by Gasteiger charge is 2.23. The topological polar surface area (TPSA) is 75.7 Å². The predicted molar refractivity (Wildman–Crippen MR) is 109 cm³/mol. The second-order valence-electron chi connectivity index (χ2n) is 7.46. The van der Waals surface area contributed by atoms with Crippen molar-refractivity contribution < 1.29 is 23.5 Å². The number of halogens is 1. The Morgan fingerprint density at radius 2 is 1.80 bits per heavy atom. The van der Waals surface area contributed by atoms with Gasteiger partial charge in [-0.25, -0.2) is 4.39 Å². The van der Waals surface area contributed by atoms with Crippen molar-refractivity contribution in [2.24, 2.45) is 5.92 Å². The number of nitrogens with zero attached hydrogens (tertiary/aromatic N) is 1. The molecular weight excluding hydrogens is 387 g/mol. The molecule has 1 aliphatic rings.